The molecule has 0 aliphatic carbocycles. The summed E-state index contributed by atoms with van der Waals surface area (Å²) in [5.41, 5.74) is 6.90. The van der Waals surface area contributed by atoms with Crippen LogP contribution >= 0.6 is 11.8 Å². The molecule has 1 aliphatic heterocycles. The van der Waals surface area contributed by atoms with E-state index in [2.05, 4.69) is 17.3 Å². The van der Waals surface area contributed by atoms with Crippen molar-refractivity contribution in [3.05, 3.63) is 29.8 Å². The van der Waals surface area contributed by atoms with Gasteiger partial charge in [0.15, 0.2) is 0 Å². The first-order valence-corrected chi connectivity index (χ1v) is 8.62. The van der Waals surface area contributed by atoms with E-state index in [1.54, 1.807) is 11.8 Å². The Balaban J connectivity index is 0.000000219. The molecule has 0 bridgehead atoms. The van der Waals surface area contributed by atoms with Gasteiger partial charge < -0.3 is 16.0 Å². The SMILES string of the molecule is CN1CCCC(N)CC1.CSc1ccc(CNC=O)cc1. The molecule has 1 saturated heterocycles. The topological polar surface area (TPSA) is 58.4 Å². The lowest BCUT2D eigenvalue weighted by molar-refractivity contribution is -0.109. The molecule has 1 atom stereocenters. The predicted molar refractivity (Wildman–Crippen MR) is 90.5 cm³/mol. The zero-order valence-electron chi connectivity index (χ0n) is 13.0. The molecule has 3 N–H and O–H groups in total. The van der Waals surface area contributed by atoms with Gasteiger partial charge in [-0.25, -0.2) is 0 Å². The number of benzene rings is 1. The quantitative estimate of drug-likeness (QED) is 0.660. The molecule has 1 unspecified atom stereocenters. The Bertz CT molecular complexity index is 387. The molecule has 1 heterocycles. The molecular formula is C16H27N3OS. The molecule has 1 aromatic carbocycles. The zero-order chi connectivity index (χ0) is 15.5. The molecule has 5 heteroatoms. The number of thioether (sulfide) groups is 1. The van der Waals surface area contributed by atoms with Gasteiger partial charge >= 0.3 is 0 Å². The monoisotopic (exact) mass is 309 g/mol. The fraction of sp³-hybridized carbons (Fsp3) is 0.562. The number of likely N-dealkylation sites (tertiary alicyclic amines) is 1. The Labute approximate surface area is 132 Å². The summed E-state index contributed by atoms with van der Waals surface area (Å²) in [6, 6.07) is 8.60. The predicted octanol–water partition coefficient (Wildman–Crippen LogP) is 2.08. The van der Waals surface area contributed by atoms with Gasteiger partial charge in [-0.2, -0.15) is 0 Å². The summed E-state index contributed by atoms with van der Waals surface area (Å²) in [6.07, 6.45) is 6.42. The Hall–Kier alpha value is -1.04. The Morgan fingerprint density at radius 3 is 2.67 bits per heavy atom. The van der Waals surface area contributed by atoms with E-state index in [4.69, 9.17) is 5.73 Å². The average Bonchev–Trinajstić information content (AvgIpc) is 2.70. The third kappa shape index (κ3) is 8.09. The molecule has 21 heavy (non-hydrogen) atoms. The van der Waals surface area contributed by atoms with Gasteiger partial charge in [-0.05, 0) is 63.4 Å². The van der Waals surface area contributed by atoms with E-state index in [1.807, 2.05) is 30.5 Å². The number of rotatable bonds is 4. The number of carbonyl (C=O) groups is 1. The highest BCUT2D eigenvalue weighted by molar-refractivity contribution is 7.98. The standard InChI is InChI=1S/C9H11NOS.C7H16N2/c1-12-9-4-2-8(3-5-9)6-10-7-11;1-9-5-2-3-7(8)4-6-9/h2-5,7H,6H2,1H3,(H,10,11);7H,2-6,8H2,1H3. The van der Waals surface area contributed by atoms with Crippen molar-refractivity contribution < 1.29 is 4.79 Å². The van der Waals surface area contributed by atoms with Crippen molar-refractivity contribution in [3.8, 4) is 0 Å². The van der Waals surface area contributed by atoms with Gasteiger partial charge in [0, 0.05) is 17.5 Å². The number of carbonyl (C=O) groups excluding carboxylic acids is 1. The molecule has 118 valence electrons. The first-order chi connectivity index (χ1) is 10.2. The Kier molecular flexibility index (Phi) is 9.14. The van der Waals surface area contributed by atoms with Crippen LogP contribution in [0.5, 0.6) is 0 Å². The highest BCUT2D eigenvalue weighted by atomic mass is 32.2. The molecular weight excluding hydrogens is 282 g/mol. The van der Waals surface area contributed by atoms with Crippen molar-refractivity contribution in [3.63, 3.8) is 0 Å². The molecule has 2 rings (SSSR count). The Morgan fingerprint density at radius 2 is 2.05 bits per heavy atom. The minimum Gasteiger partial charge on any atom is -0.355 e. The van der Waals surface area contributed by atoms with E-state index < -0.39 is 0 Å². The van der Waals surface area contributed by atoms with Crippen molar-refractivity contribution in [1.82, 2.24) is 10.2 Å². The van der Waals surface area contributed by atoms with Crippen LogP contribution in [0.2, 0.25) is 0 Å². The first-order valence-electron chi connectivity index (χ1n) is 7.39. The van der Waals surface area contributed by atoms with Crippen molar-refractivity contribution >= 4 is 18.2 Å². The summed E-state index contributed by atoms with van der Waals surface area (Å²) >= 11 is 1.71. The minimum atomic E-state index is 0.468. The number of nitrogens with one attached hydrogen (secondary N) is 1. The van der Waals surface area contributed by atoms with Crippen LogP contribution in [0.15, 0.2) is 29.2 Å². The average molecular weight is 309 g/mol. The molecule has 1 amide bonds. The van der Waals surface area contributed by atoms with Crippen LogP contribution in [0.4, 0.5) is 0 Å². The van der Waals surface area contributed by atoms with E-state index in [9.17, 15) is 4.79 Å². The number of nitrogens with zero attached hydrogens (tertiary/aromatic N) is 1. The summed E-state index contributed by atoms with van der Waals surface area (Å²) in [7, 11) is 2.16. The summed E-state index contributed by atoms with van der Waals surface area (Å²) in [6.45, 7) is 3.02. The van der Waals surface area contributed by atoms with Gasteiger partial charge in [-0.15, -0.1) is 11.8 Å². The van der Waals surface area contributed by atoms with E-state index in [1.165, 1.54) is 37.2 Å². The van der Waals surface area contributed by atoms with Crippen LogP contribution in [-0.2, 0) is 11.3 Å². The maximum Gasteiger partial charge on any atom is 0.207 e. The fourth-order valence-corrected chi connectivity index (χ4v) is 2.58. The molecule has 0 saturated carbocycles. The van der Waals surface area contributed by atoms with Gasteiger partial charge in [0.2, 0.25) is 6.41 Å². The Morgan fingerprint density at radius 1 is 1.33 bits per heavy atom. The molecule has 0 radical (unpaired) electrons. The highest BCUT2D eigenvalue weighted by Crippen LogP contribution is 2.14. The minimum absolute atomic E-state index is 0.468. The van der Waals surface area contributed by atoms with Gasteiger partial charge in [-0.3, -0.25) is 4.79 Å². The summed E-state index contributed by atoms with van der Waals surface area (Å²) in [4.78, 5) is 13.6. The first kappa shape index (κ1) is 18.0. The van der Waals surface area contributed by atoms with Crippen molar-refractivity contribution in [2.45, 2.75) is 36.7 Å². The number of hydrogen-bond acceptors (Lipinski definition) is 4. The van der Waals surface area contributed by atoms with Crippen LogP contribution in [-0.4, -0.2) is 43.7 Å². The van der Waals surface area contributed by atoms with Crippen LogP contribution in [0.3, 0.4) is 0 Å². The second-order valence-corrected chi connectivity index (χ2v) is 6.22. The van der Waals surface area contributed by atoms with E-state index in [0.717, 1.165) is 5.56 Å². The van der Waals surface area contributed by atoms with Crippen LogP contribution in [0.1, 0.15) is 24.8 Å². The van der Waals surface area contributed by atoms with E-state index in [-0.39, 0.29) is 0 Å². The van der Waals surface area contributed by atoms with Crippen LogP contribution in [0.25, 0.3) is 0 Å². The van der Waals surface area contributed by atoms with Crippen molar-refractivity contribution in [1.29, 1.82) is 0 Å². The second-order valence-electron chi connectivity index (χ2n) is 5.34. The molecule has 0 aromatic heterocycles. The summed E-state index contributed by atoms with van der Waals surface area (Å²) in [5, 5.41) is 2.61. The number of amides is 1. The summed E-state index contributed by atoms with van der Waals surface area (Å²) in [5.74, 6) is 0. The lowest BCUT2D eigenvalue weighted by Crippen LogP contribution is -2.23. The molecule has 0 spiro atoms. The van der Waals surface area contributed by atoms with Crippen LogP contribution < -0.4 is 11.1 Å². The molecule has 4 nitrogen and oxygen atoms in total. The lowest BCUT2D eigenvalue weighted by Gasteiger charge is -2.11. The third-order valence-electron chi connectivity index (χ3n) is 3.54. The molecule has 1 fully saturated rings. The number of nitrogens with two attached hydrogens (primary N) is 1. The highest BCUT2D eigenvalue weighted by Gasteiger charge is 2.09. The number of hydrogen-bond donors (Lipinski definition) is 2. The largest absolute Gasteiger partial charge is 0.355 e. The van der Waals surface area contributed by atoms with Gasteiger partial charge in [0.05, 0.1) is 0 Å². The van der Waals surface area contributed by atoms with Gasteiger partial charge in [0.25, 0.3) is 0 Å². The summed E-state index contributed by atoms with van der Waals surface area (Å²) < 4.78 is 0. The van der Waals surface area contributed by atoms with Gasteiger partial charge in [-0.1, -0.05) is 12.1 Å². The normalized spacial score (nSPS) is 19.1. The van der Waals surface area contributed by atoms with E-state index in [0.29, 0.717) is 19.0 Å². The maximum atomic E-state index is 9.99. The van der Waals surface area contributed by atoms with E-state index >= 15 is 0 Å². The smallest absolute Gasteiger partial charge is 0.207 e. The molecule has 1 aromatic rings. The van der Waals surface area contributed by atoms with Gasteiger partial charge in [0.1, 0.15) is 0 Å². The zero-order valence-corrected chi connectivity index (χ0v) is 13.9. The third-order valence-corrected chi connectivity index (χ3v) is 4.29. The second kappa shape index (κ2) is 10.7. The fourth-order valence-electron chi connectivity index (χ4n) is 2.17. The molecule has 1 aliphatic rings. The van der Waals surface area contributed by atoms with Crippen LogP contribution in [0, 0.1) is 0 Å². The maximum absolute atomic E-state index is 9.99. The van der Waals surface area contributed by atoms with Crippen molar-refractivity contribution in [2.75, 3.05) is 26.4 Å². The lowest BCUT2D eigenvalue weighted by atomic mass is 10.1. The van der Waals surface area contributed by atoms with Crippen molar-refractivity contribution in [2.24, 2.45) is 5.73 Å².